The minimum atomic E-state index is 0.427. The Labute approximate surface area is 102 Å². The molecule has 0 saturated carbocycles. The van der Waals surface area contributed by atoms with Gasteiger partial charge in [0.25, 0.3) is 0 Å². The molecule has 0 radical (unpaired) electrons. The molecule has 0 aromatic heterocycles. The maximum Gasteiger partial charge on any atom is 0.140 e. The summed E-state index contributed by atoms with van der Waals surface area (Å²) in [7, 11) is 1.63. The van der Waals surface area contributed by atoms with Gasteiger partial charge in [-0.05, 0) is 26.0 Å². The van der Waals surface area contributed by atoms with Crippen LogP contribution in [0.15, 0.2) is 29.4 Å². The van der Waals surface area contributed by atoms with Crippen molar-refractivity contribution in [3.8, 4) is 5.75 Å². The predicted molar refractivity (Wildman–Crippen MR) is 67.6 cm³/mol. The summed E-state index contributed by atoms with van der Waals surface area (Å²) in [5.74, 6) is 0.835. The van der Waals surface area contributed by atoms with Gasteiger partial charge < -0.3 is 14.3 Å². The molecule has 1 rings (SSSR count). The van der Waals surface area contributed by atoms with Crippen LogP contribution in [0.5, 0.6) is 5.75 Å². The molecule has 0 spiro atoms. The zero-order valence-electron chi connectivity index (χ0n) is 10.6. The van der Waals surface area contributed by atoms with E-state index in [1.165, 1.54) is 5.56 Å². The summed E-state index contributed by atoms with van der Waals surface area (Å²) in [5, 5.41) is 3.91. The lowest BCUT2D eigenvalue weighted by Gasteiger charge is -2.06. The zero-order valence-corrected chi connectivity index (χ0v) is 10.6. The number of nitrogens with zero attached hydrogens (tertiary/aromatic N) is 1. The molecule has 0 unspecified atom stereocenters. The first kappa shape index (κ1) is 13.5. The largest absolute Gasteiger partial charge is 0.488 e. The van der Waals surface area contributed by atoms with Crippen molar-refractivity contribution in [2.75, 3.05) is 26.9 Å². The smallest absolute Gasteiger partial charge is 0.140 e. The van der Waals surface area contributed by atoms with Crippen LogP contribution in [0.3, 0.4) is 0 Å². The Kier molecular flexibility index (Phi) is 6.10. The molecule has 0 aliphatic carbocycles. The van der Waals surface area contributed by atoms with E-state index in [1.807, 2.05) is 38.1 Å². The van der Waals surface area contributed by atoms with Crippen LogP contribution in [0.1, 0.15) is 12.5 Å². The quantitative estimate of drug-likeness (QED) is 0.415. The first-order valence-electron chi connectivity index (χ1n) is 5.56. The van der Waals surface area contributed by atoms with Gasteiger partial charge in [-0.3, -0.25) is 0 Å². The molecule has 0 atom stereocenters. The number of aryl methyl sites for hydroxylation is 1. The molecule has 0 bridgehead atoms. The molecule has 4 heteroatoms. The monoisotopic (exact) mass is 237 g/mol. The highest BCUT2D eigenvalue weighted by Crippen LogP contribution is 2.11. The van der Waals surface area contributed by atoms with Crippen LogP contribution in [-0.2, 0) is 9.57 Å². The van der Waals surface area contributed by atoms with Gasteiger partial charge >= 0.3 is 0 Å². The summed E-state index contributed by atoms with van der Waals surface area (Å²) in [6.45, 7) is 5.32. The van der Waals surface area contributed by atoms with Crippen LogP contribution in [-0.4, -0.2) is 32.6 Å². The van der Waals surface area contributed by atoms with E-state index in [0.717, 1.165) is 11.5 Å². The van der Waals surface area contributed by atoms with E-state index in [4.69, 9.17) is 14.3 Å². The summed E-state index contributed by atoms with van der Waals surface area (Å²) in [5.41, 5.74) is 2.01. The summed E-state index contributed by atoms with van der Waals surface area (Å²) < 4.78 is 10.4. The number of hydrogen-bond acceptors (Lipinski definition) is 4. The van der Waals surface area contributed by atoms with Crippen LogP contribution in [0.2, 0.25) is 0 Å². The fraction of sp³-hybridized carbons (Fsp3) is 0.462. The summed E-state index contributed by atoms with van der Waals surface area (Å²) >= 11 is 0. The zero-order chi connectivity index (χ0) is 12.5. The second-order valence-electron chi connectivity index (χ2n) is 3.75. The van der Waals surface area contributed by atoms with Gasteiger partial charge in [-0.25, -0.2) is 0 Å². The summed E-state index contributed by atoms with van der Waals surface area (Å²) in [6, 6.07) is 7.90. The number of hydrogen-bond donors (Lipinski definition) is 0. The van der Waals surface area contributed by atoms with Crippen molar-refractivity contribution in [1.82, 2.24) is 0 Å². The van der Waals surface area contributed by atoms with Gasteiger partial charge in [-0.15, -0.1) is 0 Å². The van der Waals surface area contributed by atoms with E-state index < -0.39 is 0 Å². The Bertz CT molecular complexity index is 346. The average Bonchev–Trinajstić information content (AvgIpc) is 2.34. The lowest BCUT2D eigenvalue weighted by atomic mass is 10.2. The van der Waals surface area contributed by atoms with E-state index >= 15 is 0 Å². The first-order chi connectivity index (χ1) is 8.22. The molecule has 0 amide bonds. The Balaban J connectivity index is 2.27. The number of ether oxygens (including phenoxy) is 2. The van der Waals surface area contributed by atoms with Crippen LogP contribution in [0.4, 0.5) is 0 Å². The van der Waals surface area contributed by atoms with Gasteiger partial charge in [-0.2, -0.15) is 0 Å². The predicted octanol–water partition coefficient (Wildman–Crippen LogP) is 2.41. The van der Waals surface area contributed by atoms with E-state index in [2.05, 4.69) is 5.16 Å². The molecule has 0 N–H and O–H groups in total. The maximum absolute atomic E-state index is 5.54. The van der Waals surface area contributed by atoms with E-state index in [1.54, 1.807) is 7.11 Å². The standard InChI is InChI=1S/C13H19NO3/c1-11-4-6-13(7-5-11)16-10-12(2)14-17-9-8-15-3/h4-7H,8-10H2,1-3H3/b14-12-. The maximum atomic E-state index is 5.54. The fourth-order valence-corrected chi connectivity index (χ4v) is 1.13. The Morgan fingerprint density at radius 3 is 2.53 bits per heavy atom. The minimum absolute atomic E-state index is 0.427. The average molecular weight is 237 g/mol. The molecule has 0 saturated heterocycles. The first-order valence-corrected chi connectivity index (χ1v) is 5.56. The molecule has 1 aromatic carbocycles. The van der Waals surface area contributed by atoms with Crippen LogP contribution >= 0.6 is 0 Å². The van der Waals surface area contributed by atoms with Crippen molar-refractivity contribution >= 4 is 5.71 Å². The molecule has 4 nitrogen and oxygen atoms in total. The second-order valence-corrected chi connectivity index (χ2v) is 3.75. The van der Waals surface area contributed by atoms with Crippen molar-refractivity contribution in [2.45, 2.75) is 13.8 Å². The van der Waals surface area contributed by atoms with Crippen molar-refractivity contribution in [1.29, 1.82) is 0 Å². The lowest BCUT2D eigenvalue weighted by Crippen LogP contribution is -2.09. The molecule has 0 aliphatic rings. The van der Waals surface area contributed by atoms with E-state index in [0.29, 0.717) is 19.8 Å². The molecule has 0 fully saturated rings. The van der Waals surface area contributed by atoms with Gasteiger partial charge in [0.15, 0.2) is 0 Å². The van der Waals surface area contributed by atoms with Gasteiger partial charge in [0.05, 0.1) is 12.3 Å². The minimum Gasteiger partial charge on any atom is -0.488 e. The summed E-state index contributed by atoms with van der Waals surface area (Å²) in [6.07, 6.45) is 0. The lowest BCUT2D eigenvalue weighted by molar-refractivity contribution is 0.0742. The number of rotatable bonds is 7. The highest BCUT2D eigenvalue weighted by atomic mass is 16.6. The molecule has 17 heavy (non-hydrogen) atoms. The molecule has 0 heterocycles. The van der Waals surface area contributed by atoms with Crippen molar-refractivity contribution in [3.05, 3.63) is 29.8 Å². The van der Waals surface area contributed by atoms with Crippen molar-refractivity contribution < 1.29 is 14.3 Å². The topological polar surface area (TPSA) is 40.0 Å². The molecular weight excluding hydrogens is 218 g/mol. The highest BCUT2D eigenvalue weighted by Gasteiger charge is 1.96. The Morgan fingerprint density at radius 2 is 1.88 bits per heavy atom. The summed E-state index contributed by atoms with van der Waals surface area (Å²) in [4.78, 5) is 5.03. The fourth-order valence-electron chi connectivity index (χ4n) is 1.13. The van der Waals surface area contributed by atoms with Gasteiger partial charge in [0.1, 0.15) is 19.0 Å². The molecule has 0 aliphatic heterocycles. The second kappa shape index (κ2) is 7.68. The van der Waals surface area contributed by atoms with Crippen LogP contribution < -0.4 is 4.74 Å². The highest BCUT2D eigenvalue weighted by molar-refractivity contribution is 5.82. The van der Waals surface area contributed by atoms with Gasteiger partial charge in [0, 0.05) is 7.11 Å². The normalized spacial score (nSPS) is 11.4. The third-order valence-electron chi connectivity index (χ3n) is 2.07. The van der Waals surface area contributed by atoms with Crippen molar-refractivity contribution in [2.24, 2.45) is 5.16 Å². The van der Waals surface area contributed by atoms with Crippen LogP contribution in [0.25, 0.3) is 0 Å². The van der Waals surface area contributed by atoms with Gasteiger partial charge in [0.2, 0.25) is 0 Å². The number of benzene rings is 1. The Hall–Kier alpha value is -1.55. The number of oxime groups is 1. The van der Waals surface area contributed by atoms with E-state index in [9.17, 15) is 0 Å². The number of methoxy groups -OCH3 is 1. The Morgan fingerprint density at radius 1 is 1.18 bits per heavy atom. The van der Waals surface area contributed by atoms with Crippen molar-refractivity contribution in [3.63, 3.8) is 0 Å². The molecular formula is C13H19NO3. The SMILES string of the molecule is COCCO/N=C(/C)COc1ccc(C)cc1. The third-order valence-corrected chi connectivity index (χ3v) is 2.07. The van der Waals surface area contributed by atoms with Gasteiger partial charge in [-0.1, -0.05) is 22.9 Å². The molecule has 1 aromatic rings. The molecule has 94 valence electrons. The third kappa shape index (κ3) is 5.92. The van der Waals surface area contributed by atoms with E-state index in [-0.39, 0.29) is 0 Å². The van der Waals surface area contributed by atoms with Crippen LogP contribution in [0, 0.1) is 6.92 Å².